The number of hydrogen-bond acceptors (Lipinski definition) is 2. The summed E-state index contributed by atoms with van der Waals surface area (Å²) >= 11 is 0. The average Bonchev–Trinajstić information content (AvgIpc) is 2.11. The van der Waals surface area contributed by atoms with Crippen LogP contribution in [-0.4, -0.2) is 17.7 Å². The van der Waals surface area contributed by atoms with E-state index in [0.717, 1.165) is 0 Å². The van der Waals surface area contributed by atoms with E-state index in [2.05, 4.69) is 19.2 Å². The second kappa shape index (κ2) is 3.95. The maximum absolute atomic E-state index is 11.4. The summed E-state index contributed by atoms with van der Waals surface area (Å²) in [5, 5.41) is 2.73. The second-order valence-electron chi connectivity index (χ2n) is 4.40. The Morgan fingerprint density at radius 3 is 2.86 bits per heavy atom. The van der Waals surface area contributed by atoms with Crippen LogP contribution in [0.4, 0.5) is 0 Å². The topological polar surface area (TPSA) is 46.2 Å². The highest BCUT2D eigenvalue weighted by Crippen LogP contribution is 2.28. The van der Waals surface area contributed by atoms with Crippen LogP contribution in [-0.2, 0) is 9.59 Å². The number of hydrogen-bond donors (Lipinski definition) is 1. The van der Waals surface area contributed by atoms with Gasteiger partial charge in [-0.3, -0.25) is 9.59 Å². The number of rotatable bonds is 2. The molecule has 1 amide bonds. The molecule has 0 aromatic carbocycles. The molecule has 14 heavy (non-hydrogen) atoms. The molecule has 78 valence electrons. The van der Waals surface area contributed by atoms with Gasteiger partial charge in [0.15, 0.2) is 5.78 Å². The van der Waals surface area contributed by atoms with Gasteiger partial charge in [0.25, 0.3) is 0 Å². The number of carbonyl (C=O) groups excluding carboxylic acids is 2. The van der Waals surface area contributed by atoms with Crippen LogP contribution in [0, 0.1) is 5.41 Å². The molecule has 1 aliphatic carbocycles. The Labute approximate surface area is 84.6 Å². The van der Waals surface area contributed by atoms with E-state index >= 15 is 0 Å². The number of amides is 1. The van der Waals surface area contributed by atoms with E-state index in [4.69, 9.17) is 0 Å². The van der Waals surface area contributed by atoms with Crippen molar-refractivity contribution in [1.82, 2.24) is 5.32 Å². The van der Waals surface area contributed by atoms with E-state index in [0.29, 0.717) is 12.8 Å². The summed E-state index contributed by atoms with van der Waals surface area (Å²) in [7, 11) is 0. The highest BCUT2D eigenvalue weighted by atomic mass is 16.2. The van der Waals surface area contributed by atoms with Crippen molar-refractivity contribution < 1.29 is 9.59 Å². The lowest BCUT2D eigenvalue weighted by atomic mass is 9.80. The Bertz CT molecular complexity index is 279. The van der Waals surface area contributed by atoms with E-state index in [1.165, 1.54) is 0 Å². The van der Waals surface area contributed by atoms with Crippen LogP contribution in [0.15, 0.2) is 12.2 Å². The molecule has 0 saturated heterocycles. The second-order valence-corrected chi connectivity index (χ2v) is 4.40. The molecular formula is C11H17NO2. The molecule has 0 aliphatic heterocycles. The summed E-state index contributed by atoms with van der Waals surface area (Å²) in [6, 6.07) is -0.331. The highest BCUT2D eigenvalue weighted by molar-refractivity contribution is 5.97. The minimum Gasteiger partial charge on any atom is -0.346 e. The predicted molar refractivity (Wildman–Crippen MR) is 54.8 cm³/mol. The van der Waals surface area contributed by atoms with Crippen molar-refractivity contribution in [3.63, 3.8) is 0 Å². The van der Waals surface area contributed by atoms with Gasteiger partial charge >= 0.3 is 0 Å². The van der Waals surface area contributed by atoms with Crippen LogP contribution in [0.25, 0.3) is 0 Å². The fraction of sp³-hybridized carbons (Fsp3) is 0.636. The van der Waals surface area contributed by atoms with Gasteiger partial charge in [0.2, 0.25) is 5.91 Å². The summed E-state index contributed by atoms with van der Waals surface area (Å²) in [5.74, 6) is -0.0550. The minimum atomic E-state index is -0.331. The zero-order valence-electron chi connectivity index (χ0n) is 8.96. The molecule has 0 aromatic rings. The molecule has 3 nitrogen and oxygen atoms in total. The quantitative estimate of drug-likeness (QED) is 0.724. The maximum Gasteiger partial charge on any atom is 0.220 e. The molecule has 1 rings (SSSR count). The van der Waals surface area contributed by atoms with Gasteiger partial charge < -0.3 is 5.32 Å². The molecule has 1 atom stereocenters. The van der Waals surface area contributed by atoms with Gasteiger partial charge in [0.1, 0.15) is 0 Å². The minimum absolute atomic E-state index is 0.000399. The van der Waals surface area contributed by atoms with Crippen molar-refractivity contribution in [2.75, 3.05) is 0 Å². The molecular weight excluding hydrogens is 178 g/mol. The lowest BCUT2D eigenvalue weighted by Gasteiger charge is -2.29. The molecule has 0 radical (unpaired) electrons. The van der Waals surface area contributed by atoms with Gasteiger partial charge in [0, 0.05) is 6.42 Å². The fourth-order valence-corrected chi connectivity index (χ4v) is 1.54. The van der Waals surface area contributed by atoms with Gasteiger partial charge in [-0.25, -0.2) is 0 Å². The third kappa shape index (κ3) is 2.69. The molecule has 0 fully saturated rings. The van der Waals surface area contributed by atoms with Crippen LogP contribution in [0.2, 0.25) is 0 Å². The molecule has 1 aliphatic rings. The van der Waals surface area contributed by atoms with E-state index in [1.807, 2.05) is 6.08 Å². The van der Waals surface area contributed by atoms with Gasteiger partial charge in [-0.15, -0.1) is 0 Å². The zero-order valence-corrected chi connectivity index (χ0v) is 8.96. The Kier molecular flexibility index (Phi) is 3.09. The summed E-state index contributed by atoms with van der Waals surface area (Å²) < 4.78 is 0. The Balaban J connectivity index is 2.67. The van der Waals surface area contributed by atoms with Crippen molar-refractivity contribution in [2.24, 2.45) is 5.41 Å². The molecule has 1 N–H and O–H groups in total. The Morgan fingerprint density at radius 1 is 1.64 bits per heavy atom. The van der Waals surface area contributed by atoms with Crippen LogP contribution in [0.1, 0.15) is 33.6 Å². The first-order valence-electron chi connectivity index (χ1n) is 4.97. The number of carbonyl (C=O) groups is 2. The molecule has 0 saturated carbocycles. The van der Waals surface area contributed by atoms with E-state index < -0.39 is 0 Å². The van der Waals surface area contributed by atoms with Gasteiger partial charge in [-0.05, 0) is 17.9 Å². The first-order valence-corrected chi connectivity index (χ1v) is 4.97. The van der Waals surface area contributed by atoms with Crippen LogP contribution in [0.3, 0.4) is 0 Å². The van der Waals surface area contributed by atoms with Crippen molar-refractivity contribution in [2.45, 2.75) is 39.7 Å². The SMILES string of the molecule is CCC(=O)NC1CC(C)(C)C=CC1=O. The van der Waals surface area contributed by atoms with E-state index in [1.54, 1.807) is 13.0 Å². The van der Waals surface area contributed by atoms with Crippen molar-refractivity contribution in [3.8, 4) is 0 Å². The smallest absolute Gasteiger partial charge is 0.220 e. The van der Waals surface area contributed by atoms with Gasteiger partial charge in [-0.2, -0.15) is 0 Å². The number of ketones is 1. The van der Waals surface area contributed by atoms with Crippen LogP contribution in [0.5, 0.6) is 0 Å². The standard InChI is InChI=1S/C11H17NO2/c1-4-10(14)12-8-7-11(2,3)6-5-9(8)13/h5-6,8H,4,7H2,1-3H3,(H,12,14). The fourth-order valence-electron chi connectivity index (χ4n) is 1.54. The van der Waals surface area contributed by atoms with Crippen molar-refractivity contribution in [1.29, 1.82) is 0 Å². The summed E-state index contributed by atoms with van der Waals surface area (Å²) in [6.45, 7) is 5.89. The number of nitrogens with one attached hydrogen (secondary N) is 1. The highest BCUT2D eigenvalue weighted by Gasteiger charge is 2.29. The predicted octanol–water partition coefficient (Wildman–Crippen LogP) is 1.44. The molecule has 1 unspecified atom stereocenters. The molecule has 0 spiro atoms. The summed E-state index contributed by atoms with van der Waals surface area (Å²) in [4.78, 5) is 22.6. The largest absolute Gasteiger partial charge is 0.346 e. The number of allylic oxidation sites excluding steroid dienone is 1. The van der Waals surface area contributed by atoms with Crippen LogP contribution >= 0.6 is 0 Å². The lowest BCUT2D eigenvalue weighted by Crippen LogP contribution is -2.44. The third-order valence-electron chi connectivity index (χ3n) is 2.43. The first-order chi connectivity index (χ1) is 6.44. The van der Waals surface area contributed by atoms with Crippen LogP contribution < -0.4 is 5.32 Å². The average molecular weight is 195 g/mol. The van der Waals surface area contributed by atoms with Gasteiger partial charge in [0.05, 0.1) is 6.04 Å². The molecule has 0 bridgehead atoms. The van der Waals surface area contributed by atoms with Crippen molar-refractivity contribution >= 4 is 11.7 Å². The Hall–Kier alpha value is -1.12. The van der Waals surface area contributed by atoms with E-state index in [9.17, 15) is 9.59 Å². The van der Waals surface area contributed by atoms with Gasteiger partial charge in [-0.1, -0.05) is 26.8 Å². The molecule has 3 heteroatoms. The third-order valence-corrected chi connectivity index (χ3v) is 2.43. The summed E-state index contributed by atoms with van der Waals surface area (Å²) in [5.41, 5.74) is -0.000399. The van der Waals surface area contributed by atoms with E-state index in [-0.39, 0.29) is 23.1 Å². The normalized spacial score (nSPS) is 24.8. The Morgan fingerprint density at radius 2 is 2.29 bits per heavy atom. The molecule has 0 aromatic heterocycles. The lowest BCUT2D eigenvalue weighted by molar-refractivity contribution is -0.126. The zero-order chi connectivity index (χ0) is 10.8. The van der Waals surface area contributed by atoms with Crippen molar-refractivity contribution in [3.05, 3.63) is 12.2 Å². The molecule has 0 heterocycles. The first kappa shape index (κ1) is 11.0. The maximum atomic E-state index is 11.4. The monoisotopic (exact) mass is 195 g/mol. The summed E-state index contributed by atoms with van der Waals surface area (Å²) in [6.07, 6.45) is 4.59.